The Kier molecular flexibility index (Phi) is 4.93. The summed E-state index contributed by atoms with van der Waals surface area (Å²) in [7, 11) is 0. The van der Waals surface area contributed by atoms with Crippen LogP contribution in [-0.4, -0.2) is 23.9 Å². The van der Waals surface area contributed by atoms with Gasteiger partial charge in [0.25, 0.3) is 5.91 Å². The maximum absolute atomic E-state index is 12.6. The summed E-state index contributed by atoms with van der Waals surface area (Å²) >= 11 is 5.73. The van der Waals surface area contributed by atoms with Crippen LogP contribution < -0.4 is 0 Å². The molecule has 1 aliphatic heterocycles. The molecule has 4 heteroatoms. The van der Waals surface area contributed by atoms with E-state index in [2.05, 4.69) is 52.4 Å². The average molecular weight is 436 g/mol. The lowest BCUT2D eigenvalue weighted by Crippen LogP contribution is -2.42. The predicted molar refractivity (Wildman–Crippen MR) is 90.4 cm³/mol. The summed E-state index contributed by atoms with van der Waals surface area (Å²) in [5.74, 6) is 0.156. The fourth-order valence-corrected chi connectivity index (χ4v) is 3.34. The molecule has 1 amide bonds. The van der Waals surface area contributed by atoms with Crippen LogP contribution in [0.2, 0.25) is 0 Å². The van der Waals surface area contributed by atoms with Crippen LogP contribution in [0.15, 0.2) is 22.7 Å². The van der Waals surface area contributed by atoms with Crippen LogP contribution in [0.3, 0.4) is 0 Å². The summed E-state index contributed by atoms with van der Waals surface area (Å²) in [6, 6.07) is 5.92. The van der Waals surface area contributed by atoms with E-state index in [1.165, 1.54) is 6.42 Å². The molecule has 1 saturated heterocycles. The molecule has 0 saturated carbocycles. The van der Waals surface area contributed by atoms with E-state index in [1.807, 2.05) is 23.1 Å². The van der Waals surface area contributed by atoms with E-state index < -0.39 is 0 Å². The van der Waals surface area contributed by atoms with Crippen LogP contribution in [-0.2, 0) is 0 Å². The average Bonchev–Trinajstić information content (AvgIpc) is 2.42. The summed E-state index contributed by atoms with van der Waals surface area (Å²) in [6.07, 6.45) is 3.41. The smallest absolute Gasteiger partial charge is 0.255 e. The van der Waals surface area contributed by atoms with Gasteiger partial charge in [-0.1, -0.05) is 20.3 Å². The number of hydrogen-bond acceptors (Lipinski definition) is 1. The number of rotatable bonds is 2. The molecular formula is C15H19BrINO. The van der Waals surface area contributed by atoms with Gasteiger partial charge in [-0.15, -0.1) is 0 Å². The first kappa shape index (κ1) is 15.3. The summed E-state index contributed by atoms with van der Waals surface area (Å²) in [6.45, 7) is 6.33. The molecule has 0 N–H and O–H groups in total. The minimum absolute atomic E-state index is 0.156. The highest BCUT2D eigenvalue weighted by molar-refractivity contribution is 14.1. The fourth-order valence-electron chi connectivity index (χ4n) is 2.43. The first-order chi connectivity index (χ1) is 8.95. The number of halogens is 2. The number of benzene rings is 1. The Hall–Kier alpha value is -0.100. The second-order valence-corrected chi connectivity index (χ2v) is 7.68. The number of amides is 1. The first-order valence-corrected chi connectivity index (χ1v) is 8.57. The number of piperidine rings is 1. The molecule has 0 radical (unpaired) electrons. The monoisotopic (exact) mass is 435 g/mol. The molecule has 1 aromatic carbocycles. The Morgan fingerprint density at radius 1 is 1.42 bits per heavy atom. The second-order valence-electron chi connectivity index (χ2n) is 5.58. The number of likely N-dealkylation sites (tertiary alicyclic amines) is 1. The quantitative estimate of drug-likeness (QED) is 0.616. The molecule has 0 spiro atoms. The van der Waals surface area contributed by atoms with Crippen LogP contribution >= 0.6 is 38.5 Å². The van der Waals surface area contributed by atoms with Crippen molar-refractivity contribution in [3.63, 3.8) is 0 Å². The van der Waals surface area contributed by atoms with Crippen molar-refractivity contribution in [2.45, 2.75) is 33.1 Å². The summed E-state index contributed by atoms with van der Waals surface area (Å²) in [5, 5.41) is 0. The molecule has 0 aromatic heterocycles. The van der Waals surface area contributed by atoms with Crippen LogP contribution in [0.5, 0.6) is 0 Å². The van der Waals surface area contributed by atoms with E-state index in [1.54, 1.807) is 0 Å². The molecule has 0 unspecified atom stereocenters. The molecule has 1 heterocycles. The number of nitrogens with zero attached hydrogens (tertiary/aromatic N) is 1. The minimum atomic E-state index is 0.156. The first-order valence-electron chi connectivity index (χ1n) is 6.69. The molecule has 1 aromatic rings. The standard InChI is InChI=1S/C15H19BrINO/c1-3-15(2)6-8-18(9-7-15)14(19)12-10-11(17)4-5-13(12)16/h4-5,10H,3,6-9H2,1-2H3. The lowest BCUT2D eigenvalue weighted by Gasteiger charge is -2.39. The van der Waals surface area contributed by atoms with E-state index in [0.29, 0.717) is 5.41 Å². The van der Waals surface area contributed by atoms with Crippen LogP contribution in [0.4, 0.5) is 0 Å². The lowest BCUT2D eigenvalue weighted by atomic mass is 9.78. The highest BCUT2D eigenvalue weighted by Crippen LogP contribution is 2.34. The third-order valence-electron chi connectivity index (χ3n) is 4.27. The molecular weight excluding hydrogens is 417 g/mol. The van der Waals surface area contributed by atoms with Gasteiger partial charge in [-0.05, 0) is 75.0 Å². The van der Waals surface area contributed by atoms with Crippen molar-refractivity contribution in [3.05, 3.63) is 31.8 Å². The van der Waals surface area contributed by atoms with Crippen molar-refractivity contribution in [1.82, 2.24) is 4.90 Å². The number of carbonyl (C=O) groups is 1. The van der Waals surface area contributed by atoms with Gasteiger partial charge in [0.1, 0.15) is 0 Å². The van der Waals surface area contributed by atoms with Crippen molar-refractivity contribution in [2.75, 3.05) is 13.1 Å². The zero-order valence-electron chi connectivity index (χ0n) is 11.4. The Morgan fingerprint density at radius 3 is 2.63 bits per heavy atom. The zero-order valence-corrected chi connectivity index (χ0v) is 15.1. The van der Waals surface area contributed by atoms with Gasteiger partial charge in [0, 0.05) is 21.1 Å². The SMILES string of the molecule is CCC1(C)CCN(C(=O)c2cc(I)ccc2Br)CC1. The van der Waals surface area contributed by atoms with E-state index in [9.17, 15) is 4.79 Å². The number of carbonyl (C=O) groups excluding carboxylic acids is 1. The minimum Gasteiger partial charge on any atom is -0.339 e. The van der Waals surface area contributed by atoms with Crippen molar-refractivity contribution in [2.24, 2.45) is 5.41 Å². The van der Waals surface area contributed by atoms with E-state index in [-0.39, 0.29) is 5.91 Å². The summed E-state index contributed by atoms with van der Waals surface area (Å²) < 4.78 is 1.99. The van der Waals surface area contributed by atoms with E-state index in [4.69, 9.17) is 0 Å². The summed E-state index contributed by atoms with van der Waals surface area (Å²) in [5.41, 5.74) is 1.20. The molecule has 2 rings (SSSR count). The van der Waals surface area contributed by atoms with Gasteiger partial charge >= 0.3 is 0 Å². The third-order valence-corrected chi connectivity index (χ3v) is 5.63. The van der Waals surface area contributed by atoms with Gasteiger partial charge in [0.05, 0.1) is 5.56 Å². The largest absolute Gasteiger partial charge is 0.339 e. The van der Waals surface area contributed by atoms with E-state index >= 15 is 0 Å². The Bertz CT molecular complexity index is 481. The Balaban J connectivity index is 2.11. The van der Waals surface area contributed by atoms with Gasteiger partial charge < -0.3 is 4.90 Å². The Labute approximate surface area is 137 Å². The van der Waals surface area contributed by atoms with Crippen molar-refractivity contribution in [3.8, 4) is 0 Å². The van der Waals surface area contributed by atoms with Crippen LogP contribution in [0, 0.1) is 8.99 Å². The van der Waals surface area contributed by atoms with Crippen molar-refractivity contribution < 1.29 is 4.79 Å². The fraction of sp³-hybridized carbons (Fsp3) is 0.533. The van der Waals surface area contributed by atoms with Crippen molar-refractivity contribution >= 4 is 44.4 Å². The van der Waals surface area contributed by atoms with Gasteiger partial charge in [0.15, 0.2) is 0 Å². The molecule has 104 valence electrons. The third kappa shape index (κ3) is 3.51. The molecule has 0 bridgehead atoms. The van der Waals surface area contributed by atoms with Gasteiger partial charge in [-0.2, -0.15) is 0 Å². The zero-order chi connectivity index (χ0) is 14.0. The van der Waals surface area contributed by atoms with Crippen molar-refractivity contribution in [1.29, 1.82) is 0 Å². The van der Waals surface area contributed by atoms with Crippen LogP contribution in [0.25, 0.3) is 0 Å². The Morgan fingerprint density at radius 2 is 2.05 bits per heavy atom. The topological polar surface area (TPSA) is 20.3 Å². The highest BCUT2D eigenvalue weighted by atomic mass is 127. The predicted octanol–water partition coefficient (Wildman–Crippen LogP) is 4.71. The molecule has 0 atom stereocenters. The molecule has 2 nitrogen and oxygen atoms in total. The molecule has 0 aliphatic carbocycles. The molecule has 1 fully saturated rings. The maximum Gasteiger partial charge on any atom is 0.255 e. The number of hydrogen-bond donors (Lipinski definition) is 0. The van der Waals surface area contributed by atoms with Crippen LogP contribution in [0.1, 0.15) is 43.5 Å². The summed E-state index contributed by atoms with van der Waals surface area (Å²) in [4.78, 5) is 14.6. The van der Waals surface area contributed by atoms with Gasteiger partial charge in [0.2, 0.25) is 0 Å². The van der Waals surface area contributed by atoms with Gasteiger partial charge in [-0.3, -0.25) is 4.79 Å². The molecule has 19 heavy (non-hydrogen) atoms. The van der Waals surface area contributed by atoms with Gasteiger partial charge in [-0.25, -0.2) is 0 Å². The molecule has 1 aliphatic rings. The maximum atomic E-state index is 12.6. The lowest BCUT2D eigenvalue weighted by molar-refractivity contribution is 0.0599. The normalized spacial score (nSPS) is 18.4. The second kappa shape index (κ2) is 6.12. The highest BCUT2D eigenvalue weighted by Gasteiger charge is 2.31. The van der Waals surface area contributed by atoms with E-state index in [0.717, 1.165) is 39.5 Å².